The summed E-state index contributed by atoms with van der Waals surface area (Å²) in [6.45, 7) is 4.66. The topological polar surface area (TPSA) is 32.3 Å². The fourth-order valence-corrected chi connectivity index (χ4v) is 3.74. The molecule has 0 spiro atoms. The van der Waals surface area contributed by atoms with Gasteiger partial charge < -0.3 is 10.2 Å². The highest BCUT2D eigenvalue weighted by atomic mass is 32.2. The van der Waals surface area contributed by atoms with Crippen molar-refractivity contribution in [2.24, 2.45) is 0 Å². The minimum atomic E-state index is -0.131. The van der Waals surface area contributed by atoms with E-state index >= 15 is 0 Å². The monoisotopic (exact) mass is 322 g/mol. The SMILES string of the molecule is C[C@@H](SC(=S)N1CCCC1)C(=O)NCCc1ccccc1. The highest BCUT2D eigenvalue weighted by molar-refractivity contribution is 8.23. The van der Waals surface area contributed by atoms with Crippen molar-refractivity contribution in [1.82, 2.24) is 10.2 Å². The number of carbonyl (C=O) groups excluding carboxylic acids is 1. The van der Waals surface area contributed by atoms with E-state index in [1.165, 1.54) is 30.2 Å². The van der Waals surface area contributed by atoms with Crippen LogP contribution in [-0.4, -0.2) is 40.0 Å². The number of amides is 1. The summed E-state index contributed by atoms with van der Waals surface area (Å²) in [7, 11) is 0. The summed E-state index contributed by atoms with van der Waals surface area (Å²) in [5.74, 6) is 0.0671. The first kappa shape index (κ1) is 16.3. The molecule has 3 nitrogen and oxygen atoms in total. The van der Waals surface area contributed by atoms with Gasteiger partial charge in [-0.25, -0.2) is 0 Å². The maximum Gasteiger partial charge on any atom is 0.233 e. The average Bonchev–Trinajstić information content (AvgIpc) is 3.02. The molecule has 1 N–H and O–H groups in total. The van der Waals surface area contributed by atoms with E-state index in [9.17, 15) is 4.79 Å². The summed E-state index contributed by atoms with van der Waals surface area (Å²) in [5, 5.41) is 2.86. The van der Waals surface area contributed by atoms with Crippen LogP contribution in [0.2, 0.25) is 0 Å². The Bertz CT molecular complexity index is 472. The Kier molecular flexibility index (Phi) is 6.51. The zero-order valence-electron chi connectivity index (χ0n) is 12.4. The van der Waals surface area contributed by atoms with Crippen molar-refractivity contribution in [1.29, 1.82) is 0 Å². The average molecular weight is 322 g/mol. The normalized spacial score (nSPS) is 15.8. The molecule has 0 saturated carbocycles. The van der Waals surface area contributed by atoms with Crippen LogP contribution in [0.5, 0.6) is 0 Å². The lowest BCUT2D eigenvalue weighted by molar-refractivity contribution is -0.120. The van der Waals surface area contributed by atoms with Crippen LogP contribution in [0, 0.1) is 0 Å². The van der Waals surface area contributed by atoms with Gasteiger partial charge in [-0.05, 0) is 31.7 Å². The van der Waals surface area contributed by atoms with Crippen LogP contribution in [-0.2, 0) is 11.2 Å². The Morgan fingerprint density at radius 2 is 2.00 bits per heavy atom. The summed E-state index contributed by atoms with van der Waals surface area (Å²) >= 11 is 6.90. The lowest BCUT2D eigenvalue weighted by Crippen LogP contribution is -2.35. The van der Waals surface area contributed by atoms with Gasteiger partial charge in [0.15, 0.2) is 0 Å². The lowest BCUT2D eigenvalue weighted by atomic mass is 10.1. The van der Waals surface area contributed by atoms with Gasteiger partial charge in [0.05, 0.1) is 5.25 Å². The molecule has 2 rings (SSSR count). The van der Waals surface area contributed by atoms with E-state index in [1.807, 2.05) is 25.1 Å². The van der Waals surface area contributed by atoms with Gasteiger partial charge in [0, 0.05) is 19.6 Å². The molecule has 1 aromatic carbocycles. The van der Waals surface area contributed by atoms with Crippen LogP contribution in [0.4, 0.5) is 0 Å². The number of nitrogens with one attached hydrogen (secondary N) is 1. The molecule has 21 heavy (non-hydrogen) atoms. The van der Waals surface area contributed by atoms with E-state index in [2.05, 4.69) is 22.3 Å². The second-order valence-electron chi connectivity index (χ2n) is 5.25. The summed E-state index contributed by atoms with van der Waals surface area (Å²) in [4.78, 5) is 14.3. The maximum absolute atomic E-state index is 12.1. The molecule has 1 aliphatic rings. The Hall–Kier alpha value is -1.07. The molecule has 1 fully saturated rings. The van der Waals surface area contributed by atoms with E-state index in [-0.39, 0.29) is 11.2 Å². The zero-order chi connectivity index (χ0) is 15.1. The molecule has 0 aromatic heterocycles. The first-order valence-electron chi connectivity index (χ1n) is 7.44. The predicted molar refractivity (Wildman–Crippen MR) is 93.6 cm³/mol. The van der Waals surface area contributed by atoms with Crippen molar-refractivity contribution in [2.75, 3.05) is 19.6 Å². The second-order valence-corrected chi connectivity index (χ2v) is 7.22. The molecule has 1 amide bonds. The maximum atomic E-state index is 12.1. The number of hydrogen-bond donors (Lipinski definition) is 1. The Morgan fingerprint density at radius 3 is 2.67 bits per heavy atom. The summed E-state index contributed by atoms with van der Waals surface area (Å²) in [5.41, 5.74) is 1.24. The van der Waals surface area contributed by atoms with Crippen molar-refractivity contribution in [3.8, 4) is 0 Å². The molecule has 5 heteroatoms. The van der Waals surface area contributed by atoms with Crippen molar-refractivity contribution in [2.45, 2.75) is 31.4 Å². The summed E-state index contributed by atoms with van der Waals surface area (Å²) < 4.78 is 0.859. The predicted octanol–water partition coefficient (Wildman–Crippen LogP) is 2.85. The number of rotatable bonds is 5. The Morgan fingerprint density at radius 1 is 1.33 bits per heavy atom. The van der Waals surface area contributed by atoms with Gasteiger partial charge in [-0.3, -0.25) is 4.79 Å². The van der Waals surface area contributed by atoms with Crippen LogP contribution >= 0.6 is 24.0 Å². The molecular formula is C16H22N2OS2. The number of thiocarbonyl (C=S) groups is 1. The van der Waals surface area contributed by atoms with E-state index in [0.29, 0.717) is 6.54 Å². The third-order valence-electron chi connectivity index (χ3n) is 3.57. The molecule has 114 valence electrons. The van der Waals surface area contributed by atoms with Gasteiger partial charge in [-0.2, -0.15) is 0 Å². The van der Waals surface area contributed by atoms with Gasteiger partial charge >= 0.3 is 0 Å². The van der Waals surface area contributed by atoms with Gasteiger partial charge in [0.2, 0.25) is 5.91 Å². The van der Waals surface area contributed by atoms with E-state index in [0.717, 1.165) is 23.8 Å². The largest absolute Gasteiger partial charge is 0.358 e. The molecule has 1 saturated heterocycles. The van der Waals surface area contributed by atoms with Crippen molar-refractivity contribution in [3.05, 3.63) is 35.9 Å². The molecule has 0 radical (unpaired) electrons. The third-order valence-corrected chi connectivity index (χ3v) is 5.14. The first-order valence-corrected chi connectivity index (χ1v) is 8.73. The minimum Gasteiger partial charge on any atom is -0.358 e. The van der Waals surface area contributed by atoms with Crippen LogP contribution < -0.4 is 5.32 Å². The highest BCUT2D eigenvalue weighted by Gasteiger charge is 2.20. The number of benzene rings is 1. The van der Waals surface area contributed by atoms with Crippen molar-refractivity contribution >= 4 is 34.2 Å². The molecule has 0 aliphatic carbocycles. The first-order chi connectivity index (χ1) is 10.2. The fourth-order valence-electron chi connectivity index (χ4n) is 2.30. The number of hydrogen-bond acceptors (Lipinski definition) is 3. The van der Waals surface area contributed by atoms with Crippen molar-refractivity contribution < 1.29 is 4.79 Å². The molecular weight excluding hydrogens is 300 g/mol. The Balaban J connectivity index is 1.68. The van der Waals surface area contributed by atoms with Crippen LogP contribution in [0.1, 0.15) is 25.3 Å². The zero-order valence-corrected chi connectivity index (χ0v) is 14.0. The fraction of sp³-hybridized carbons (Fsp3) is 0.500. The second kappa shape index (κ2) is 8.39. The number of likely N-dealkylation sites (tertiary alicyclic amines) is 1. The molecule has 1 aromatic rings. The van der Waals surface area contributed by atoms with Crippen LogP contribution in [0.3, 0.4) is 0 Å². The van der Waals surface area contributed by atoms with Gasteiger partial charge in [-0.1, -0.05) is 54.3 Å². The van der Waals surface area contributed by atoms with Gasteiger partial charge in [0.25, 0.3) is 0 Å². The number of nitrogens with zero attached hydrogens (tertiary/aromatic N) is 1. The number of thioether (sulfide) groups is 1. The quantitative estimate of drug-likeness (QED) is 0.845. The minimum absolute atomic E-state index is 0.0671. The lowest BCUT2D eigenvalue weighted by Gasteiger charge is -2.20. The van der Waals surface area contributed by atoms with E-state index in [4.69, 9.17) is 12.2 Å². The van der Waals surface area contributed by atoms with E-state index < -0.39 is 0 Å². The molecule has 0 unspecified atom stereocenters. The van der Waals surface area contributed by atoms with Crippen LogP contribution in [0.15, 0.2) is 30.3 Å². The van der Waals surface area contributed by atoms with E-state index in [1.54, 1.807) is 0 Å². The summed E-state index contributed by atoms with van der Waals surface area (Å²) in [6, 6.07) is 10.2. The molecule has 1 aliphatic heterocycles. The Labute approximate surface area is 136 Å². The van der Waals surface area contributed by atoms with Gasteiger partial charge in [0.1, 0.15) is 4.32 Å². The third kappa shape index (κ3) is 5.32. The van der Waals surface area contributed by atoms with Crippen LogP contribution in [0.25, 0.3) is 0 Å². The highest BCUT2D eigenvalue weighted by Crippen LogP contribution is 2.20. The molecule has 0 bridgehead atoms. The molecule has 1 heterocycles. The molecule has 1 atom stereocenters. The smallest absolute Gasteiger partial charge is 0.233 e. The number of carbonyl (C=O) groups is 1. The van der Waals surface area contributed by atoms with Gasteiger partial charge in [-0.15, -0.1) is 0 Å². The summed E-state index contributed by atoms with van der Waals surface area (Å²) in [6.07, 6.45) is 3.28. The standard InChI is InChI=1S/C16H22N2OS2/c1-13(21-16(20)18-11-5-6-12-18)15(19)17-10-9-14-7-3-2-4-8-14/h2-4,7-8,13H,5-6,9-12H2,1H3,(H,17,19)/t13-/m1/s1. The van der Waals surface area contributed by atoms with Crippen molar-refractivity contribution in [3.63, 3.8) is 0 Å².